The Bertz CT molecular complexity index is 869. The lowest BCUT2D eigenvalue weighted by Crippen LogP contribution is -2.15. The van der Waals surface area contributed by atoms with Crippen LogP contribution in [-0.2, 0) is 13.5 Å². The summed E-state index contributed by atoms with van der Waals surface area (Å²) in [5.41, 5.74) is 3.94. The molecule has 1 aliphatic rings. The molecule has 1 aliphatic carbocycles. The quantitative estimate of drug-likeness (QED) is 0.695. The zero-order valence-corrected chi connectivity index (χ0v) is 11.8. The Morgan fingerprint density at radius 2 is 2.14 bits per heavy atom. The number of ketones is 1. The number of benzene rings is 1. The zero-order valence-electron chi connectivity index (χ0n) is 11.8. The number of aryl methyl sites for hydroxylation is 1. The smallest absolute Gasteiger partial charge is 0.191 e. The van der Waals surface area contributed by atoms with Crippen LogP contribution < -0.4 is 0 Å². The first-order valence-corrected chi connectivity index (χ1v) is 7.06. The monoisotopic (exact) mass is 277 g/mol. The van der Waals surface area contributed by atoms with E-state index in [1.165, 1.54) is 0 Å². The van der Waals surface area contributed by atoms with Crippen molar-refractivity contribution in [3.05, 3.63) is 59.3 Å². The predicted molar refractivity (Wildman–Crippen MR) is 82.1 cm³/mol. The largest absolute Gasteiger partial charge is 0.347 e. The molecule has 1 N–H and O–H groups in total. The van der Waals surface area contributed by atoms with Gasteiger partial charge in [-0.2, -0.15) is 0 Å². The maximum absolute atomic E-state index is 12.8. The van der Waals surface area contributed by atoms with Gasteiger partial charge in [-0.05, 0) is 25.0 Å². The minimum atomic E-state index is 0.129. The first-order chi connectivity index (χ1) is 10.3. The molecule has 2 heterocycles. The van der Waals surface area contributed by atoms with Crippen molar-refractivity contribution < 1.29 is 4.79 Å². The number of aromatic amines is 1. The van der Waals surface area contributed by atoms with Gasteiger partial charge in [0, 0.05) is 41.6 Å². The molecule has 104 valence electrons. The van der Waals surface area contributed by atoms with Crippen LogP contribution in [0.25, 0.3) is 17.0 Å². The van der Waals surface area contributed by atoms with Crippen LogP contribution in [0.3, 0.4) is 0 Å². The van der Waals surface area contributed by atoms with Crippen molar-refractivity contribution in [3.63, 3.8) is 0 Å². The van der Waals surface area contributed by atoms with E-state index in [4.69, 9.17) is 0 Å². The fraction of sp³-hybridized carbons (Fsp3) is 0.176. The van der Waals surface area contributed by atoms with Gasteiger partial charge in [-0.25, -0.2) is 4.98 Å². The number of hydrogen-bond acceptors (Lipinski definition) is 2. The topological polar surface area (TPSA) is 50.7 Å². The molecule has 21 heavy (non-hydrogen) atoms. The van der Waals surface area contributed by atoms with Gasteiger partial charge in [0.15, 0.2) is 5.78 Å². The summed E-state index contributed by atoms with van der Waals surface area (Å²) in [6.45, 7) is 0. The highest BCUT2D eigenvalue weighted by Gasteiger charge is 2.27. The first-order valence-electron chi connectivity index (χ1n) is 7.06. The number of nitrogens with one attached hydrogen (secondary N) is 1. The number of aromatic nitrogens is 3. The average Bonchev–Trinajstić information content (AvgIpc) is 3.10. The summed E-state index contributed by atoms with van der Waals surface area (Å²) in [5.74, 6) is 0.867. The van der Waals surface area contributed by atoms with Gasteiger partial charge in [-0.15, -0.1) is 0 Å². The van der Waals surface area contributed by atoms with E-state index in [2.05, 4.69) is 20.6 Å². The van der Waals surface area contributed by atoms with Crippen LogP contribution in [0.5, 0.6) is 0 Å². The highest BCUT2D eigenvalue weighted by Crippen LogP contribution is 2.33. The average molecular weight is 277 g/mol. The molecule has 0 radical (unpaired) electrons. The zero-order chi connectivity index (χ0) is 14.4. The normalized spacial score (nSPS) is 16.6. The Morgan fingerprint density at radius 3 is 2.95 bits per heavy atom. The summed E-state index contributed by atoms with van der Waals surface area (Å²) in [5, 5.41) is 1.05. The van der Waals surface area contributed by atoms with E-state index in [0.29, 0.717) is 0 Å². The van der Waals surface area contributed by atoms with E-state index in [9.17, 15) is 4.79 Å². The van der Waals surface area contributed by atoms with Crippen molar-refractivity contribution >= 4 is 22.8 Å². The van der Waals surface area contributed by atoms with Gasteiger partial charge >= 0.3 is 0 Å². The Labute approximate surface area is 122 Å². The predicted octanol–water partition coefficient (Wildman–Crippen LogP) is 3.11. The molecule has 4 heteroatoms. The number of hydrogen-bond donors (Lipinski definition) is 1. The number of H-pyrrole nitrogens is 1. The van der Waals surface area contributed by atoms with Crippen molar-refractivity contribution in [1.29, 1.82) is 0 Å². The highest BCUT2D eigenvalue weighted by molar-refractivity contribution is 6.19. The molecule has 0 atom stereocenters. The van der Waals surface area contributed by atoms with E-state index >= 15 is 0 Å². The molecule has 4 rings (SSSR count). The number of para-hydroxylation sites is 1. The molecule has 0 spiro atoms. The molecule has 2 aromatic heterocycles. The van der Waals surface area contributed by atoms with Crippen LogP contribution in [0.2, 0.25) is 0 Å². The third-order valence-electron chi connectivity index (χ3n) is 4.21. The molecule has 4 nitrogen and oxygen atoms in total. The molecule has 0 aliphatic heterocycles. The molecule has 0 saturated heterocycles. The lowest BCUT2D eigenvalue weighted by Gasteiger charge is -2.15. The number of carbonyl (C=O) groups is 1. The number of carbonyl (C=O) groups excluding carboxylic acids is 1. The fourth-order valence-corrected chi connectivity index (χ4v) is 3.18. The first kappa shape index (κ1) is 12.1. The molecule has 1 aromatic carbocycles. The number of allylic oxidation sites excluding steroid dienone is 1. The Balaban J connectivity index is 1.90. The second-order valence-corrected chi connectivity index (χ2v) is 5.37. The van der Waals surface area contributed by atoms with E-state index in [-0.39, 0.29) is 5.78 Å². The van der Waals surface area contributed by atoms with Crippen molar-refractivity contribution in [2.24, 2.45) is 7.05 Å². The second kappa shape index (κ2) is 4.45. The van der Waals surface area contributed by atoms with Crippen molar-refractivity contribution in [2.75, 3.05) is 0 Å². The van der Waals surface area contributed by atoms with Crippen LogP contribution in [0.1, 0.15) is 28.3 Å². The minimum absolute atomic E-state index is 0.129. The van der Waals surface area contributed by atoms with E-state index in [0.717, 1.165) is 46.4 Å². The number of fused-ring (bicyclic) bond motifs is 3. The van der Waals surface area contributed by atoms with Crippen molar-refractivity contribution in [1.82, 2.24) is 14.5 Å². The van der Waals surface area contributed by atoms with Crippen LogP contribution >= 0.6 is 0 Å². The van der Waals surface area contributed by atoms with Gasteiger partial charge in [0.1, 0.15) is 5.82 Å². The number of Topliss-reactive ketones (excluding diaryl/α,β-unsaturated/α-hetero) is 1. The van der Waals surface area contributed by atoms with Gasteiger partial charge < -0.3 is 9.55 Å². The lowest BCUT2D eigenvalue weighted by molar-refractivity contribution is 0.102. The lowest BCUT2D eigenvalue weighted by atomic mass is 9.89. The third kappa shape index (κ3) is 1.76. The Hall–Kier alpha value is -2.62. The van der Waals surface area contributed by atoms with Gasteiger partial charge in [-0.1, -0.05) is 18.2 Å². The minimum Gasteiger partial charge on any atom is -0.347 e. The fourth-order valence-electron chi connectivity index (χ4n) is 3.18. The second-order valence-electron chi connectivity index (χ2n) is 5.37. The summed E-state index contributed by atoms with van der Waals surface area (Å²) >= 11 is 0. The van der Waals surface area contributed by atoms with Crippen molar-refractivity contribution in [2.45, 2.75) is 12.8 Å². The summed E-state index contributed by atoms with van der Waals surface area (Å²) in [4.78, 5) is 20.1. The van der Waals surface area contributed by atoms with Crippen LogP contribution in [0.4, 0.5) is 0 Å². The SMILES string of the molecule is Cn1c2c(c3ccccc31)C(=O)C(=Cc1ncc[nH]1)CC2. The molecule has 0 saturated carbocycles. The summed E-state index contributed by atoms with van der Waals surface area (Å²) < 4.78 is 2.15. The Kier molecular flexibility index (Phi) is 2.57. The molecule has 0 fully saturated rings. The number of imidazole rings is 1. The summed E-state index contributed by atoms with van der Waals surface area (Å²) in [7, 11) is 2.04. The number of rotatable bonds is 1. The van der Waals surface area contributed by atoms with E-state index < -0.39 is 0 Å². The molecule has 0 bridgehead atoms. The molecule has 0 unspecified atom stereocenters. The van der Waals surface area contributed by atoms with E-state index in [1.54, 1.807) is 12.4 Å². The third-order valence-corrected chi connectivity index (χ3v) is 4.21. The van der Waals surface area contributed by atoms with E-state index in [1.807, 2.05) is 31.3 Å². The molecule has 0 amide bonds. The maximum atomic E-state index is 12.8. The van der Waals surface area contributed by atoms with Gasteiger partial charge in [-0.3, -0.25) is 4.79 Å². The molecular formula is C17H15N3O. The highest BCUT2D eigenvalue weighted by atomic mass is 16.1. The summed E-state index contributed by atoms with van der Waals surface area (Å²) in [6, 6.07) is 8.09. The Morgan fingerprint density at radius 1 is 1.29 bits per heavy atom. The van der Waals surface area contributed by atoms with Gasteiger partial charge in [0.05, 0.1) is 5.56 Å². The van der Waals surface area contributed by atoms with Gasteiger partial charge in [0.25, 0.3) is 0 Å². The number of nitrogens with zero attached hydrogens (tertiary/aromatic N) is 2. The van der Waals surface area contributed by atoms with Gasteiger partial charge in [0.2, 0.25) is 0 Å². The standard InChI is InChI=1S/C17H15N3O/c1-20-13-5-3-2-4-12(13)16-14(20)7-6-11(17(16)21)10-15-18-8-9-19-15/h2-5,8-10H,6-7H2,1H3,(H,18,19). The maximum Gasteiger partial charge on any atom is 0.191 e. The molecule has 3 aromatic rings. The van der Waals surface area contributed by atoms with Crippen LogP contribution in [0, 0.1) is 0 Å². The van der Waals surface area contributed by atoms with Crippen LogP contribution in [0.15, 0.2) is 42.2 Å². The summed E-state index contributed by atoms with van der Waals surface area (Å²) in [6.07, 6.45) is 6.98. The molecular weight excluding hydrogens is 262 g/mol. The van der Waals surface area contributed by atoms with Crippen LogP contribution in [-0.4, -0.2) is 20.3 Å². The van der Waals surface area contributed by atoms with Crippen molar-refractivity contribution in [3.8, 4) is 0 Å².